The third-order valence-corrected chi connectivity index (χ3v) is 3.75. The minimum Gasteiger partial charge on any atom is -0.444 e. The van der Waals surface area contributed by atoms with E-state index in [9.17, 15) is 4.79 Å². The van der Waals surface area contributed by atoms with Crippen molar-refractivity contribution in [3.63, 3.8) is 0 Å². The number of aromatic nitrogens is 3. The molecule has 0 aliphatic carbocycles. The van der Waals surface area contributed by atoms with Crippen LogP contribution in [0.4, 0.5) is 4.79 Å². The highest BCUT2D eigenvalue weighted by atomic mass is 16.6. The van der Waals surface area contributed by atoms with Crippen molar-refractivity contribution in [3.05, 3.63) is 30.1 Å². The van der Waals surface area contributed by atoms with Crippen LogP contribution in [-0.4, -0.2) is 44.9 Å². The molecule has 0 radical (unpaired) electrons. The minimum atomic E-state index is -0.454. The van der Waals surface area contributed by atoms with Crippen molar-refractivity contribution >= 4 is 6.09 Å². The topological polar surface area (TPSA) is 74.0 Å². The van der Waals surface area contributed by atoms with Crippen LogP contribution in [0.5, 0.6) is 0 Å². The zero-order valence-electron chi connectivity index (χ0n) is 13.2. The lowest BCUT2D eigenvalue weighted by atomic mass is 10.0. The fraction of sp³-hybridized carbons (Fsp3) is 0.500. The van der Waals surface area contributed by atoms with Crippen molar-refractivity contribution in [2.24, 2.45) is 0 Å². The molecule has 3 heterocycles. The zero-order chi connectivity index (χ0) is 15.7. The fourth-order valence-corrected chi connectivity index (χ4v) is 2.68. The van der Waals surface area contributed by atoms with Crippen LogP contribution < -0.4 is 0 Å². The van der Waals surface area contributed by atoms with Gasteiger partial charge < -0.3 is 14.6 Å². The molecule has 1 amide bonds. The first-order valence-corrected chi connectivity index (χ1v) is 7.59. The molecule has 1 saturated heterocycles. The van der Waals surface area contributed by atoms with Crippen LogP contribution in [-0.2, 0) is 4.74 Å². The number of carbonyl (C=O) groups excluding carboxylic acids is 1. The molecule has 1 unspecified atom stereocenters. The molecule has 1 atom stereocenters. The summed E-state index contributed by atoms with van der Waals surface area (Å²) in [6.45, 7) is 7.04. The van der Waals surface area contributed by atoms with Gasteiger partial charge in [-0.2, -0.15) is 5.10 Å². The normalized spacial score (nSPS) is 18.7. The summed E-state index contributed by atoms with van der Waals surface area (Å²) in [5, 5.41) is 7.44. The number of carbonyl (C=O) groups is 1. The van der Waals surface area contributed by atoms with E-state index in [1.807, 2.05) is 39.1 Å². The lowest BCUT2D eigenvalue weighted by Crippen LogP contribution is -2.35. The predicted molar refractivity (Wildman–Crippen MR) is 83.5 cm³/mol. The zero-order valence-corrected chi connectivity index (χ0v) is 13.2. The maximum absolute atomic E-state index is 12.1. The number of nitrogens with zero attached hydrogens (tertiary/aromatic N) is 2. The van der Waals surface area contributed by atoms with Crippen molar-refractivity contribution in [2.45, 2.75) is 38.7 Å². The van der Waals surface area contributed by atoms with Gasteiger partial charge in [-0.1, -0.05) is 0 Å². The second kappa shape index (κ2) is 5.51. The van der Waals surface area contributed by atoms with Crippen molar-refractivity contribution in [2.75, 3.05) is 13.1 Å². The molecule has 0 spiro atoms. The van der Waals surface area contributed by atoms with Crippen LogP contribution in [0.25, 0.3) is 11.4 Å². The van der Waals surface area contributed by atoms with Gasteiger partial charge in [0.15, 0.2) is 0 Å². The molecule has 118 valence electrons. The first-order chi connectivity index (χ1) is 10.4. The van der Waals surface area contributed by atoms with Gasteiger partial charge in [-0.05, 0) is 45.4 Å². The van der Waals surface area contributed by atoms with E-state index in [-0.39, 0.29) is 12.0 Å². The van der Waals surface area contributed by atoms with E-state index < -0.39 is 5.60 Å². The number of ether oxygens (including phenoxy) is 1. The summed E-state index contributed by atoms with van der Waals surface area (Å²) in [4.78, 5) is 17.0. The van der Waals surface area contributed by atoms with Crippen molar-refractivity contribution < 1.29 is 9.53 Å². The van der Waals surface area contributed by atoms with Crippen LogP contribution in [0.1, 0.15) is 38.8 Å². The average molecular weight is 302 g/mol. The van der Waals surface area contributed by atoms with Gasteiger partial charge in [0, 0.05) is 30.9 Å². The largest absolute Gasteiger partial charge is 0.444 e. The lowest BCUT2D eigenvalue weighted by Gasteiger charge is -2.24. The molecule has 6 heteroatoms. The Morgan fingerprint density at radius 2 is 2.27 bits per heavy atom. The molecule has 0 saturated carbocycles. The van der Waals surface area contributed by atoms with Gasteiger partial charge in [-0.3, -0.25) is 5.10 Å². The average Bonchev–Trinajstić information content (AvgIpc) is 3.18. The summed E-state index contributed by atoms with van der Waals surface area (Å²) in [5.41, 5.74) is 2.50. The molecule has 2 aromatic heterocycles. The Hall–Kier alpha value is -2.24. The van der Waals surface area contributed by atoms with Crippen molar-refractivity contribution in [1.29, 1.82) is 0 Å². The van der Waals surface area contributed by atoms with Gasteiger partial charge in [0.05, 0.1) is 5.69 Å². The second-order valence-electron chi connectivity index (χ2n) is 6.70. The highest BCUT2D eigenvalue weighted by Crippen LogP contribution is 2.29. The molecule has 6 nitrogen and oxygen atoms in total. The van der Waals surface area contributed by atoms with E-state index in [4.69, 9.17) is 4.74 Å². The number of nitrogens with one attached hydrogen (secondary N) is 2. The second-order valence-corrected chi connectivity index (χ2v) is 6.70. The first kappa shape index (κ1) is 14.7. The highest BCUT2D eigenvalue weighted by Gasteiger charge is 2.31. The van der Waals surface area contributed by atoms with Crippen molar-refractivity contribution in [1.82, 2.24) is 20.1 Å². The summed E-state index contributed by atoms with van der Waals surface area (Å²) in [7, 11) is 0. The van der Waals surface area contributed by atoms with Gasteiger partial charge in [0.25, 0.3) is 0 Å². The van der Waals surface area contributed by atoms with Gasteiger partial charge in [0.2, 0.25) is 0 Å². The molecule has 0 bridgehead atoms. The Kier molecular flexibility index (Phi) is 3.68. The Morgan fingerprint density at radius 1 is 1.45 bits per heavy atom. The Bertz CT molecular complexity index is 639. The van der Waals surface area contributed by atoms with E-state index >= 15 is 0 Å². The number of likely N-dealkylation sites (tertiary alicyclic amines) is 1. The number of aromatic amines is 2. The lowest BCUT2D eigenvalue weighted by molar-refractivity contribution is 0.0292. The summed E-state index contributed by atoms with van der Waals surface area (Å²) in [6.07, 6.45) is 2.56. The number of hydrogen-bond donors (Lipinski definition) is 2. The molecule has 1 aliphatic rings. The number of rotatable bonds is 2. The molecule has 1 aliphatic heterocycles. The van der Waals surface area contributed by atoms with Crippen LogP contribution in [0.15, 0.2) is 24.4 Å². The SMILES string of the molecule is CC(C)(C)OC(=O)N1CCC(c2cc(-c3ccc[nH]3)n[nH]2)C1. The molecule has 0 aromatic carbocycles. The van der Waals surface area contributed by atoms with Crippen molar-refractivity contribution in [3.8, 4) is 11.4 Å². The number of hydrogen-bond acceptors (Lipinski definition) is 3. The number of H-pyrrole nitrogens is 2. The summed E-state index contributed by atoms with van der Waals surface area (Å²) < 4.78 is 5.43. The highest BCUT2D eigenvalue weighted by molar-refractivity contribution is 5.68. The smallest absolute Gasteiger partial charge is 0.410 e. The molecule has 1 fully saturated rings. The predicted octanol–water partition coefficient (Wildman–Crippen LogP) is 3.13. The quantitative estimate of drug-likeness (QED) is 0.895. The monoisotopic (exact) mass is 302 g/mol. The Labute approximate surface area is 129 Å². The van der Waals surface area contributed by atoms with Gasteiger partial charge >= 0.3 is 6.09 Å². The van der Waals surface area contributed by atoms with Crippen LogP contribution in [0.2, 0.25) is 0 Å². The third kappa shape index (κ3) is 3.16. The van der Waals surface area contributed by atoms with Crippen LogP contribution in [0.3, 0.4) is 0 Å². The fourth-order valence-electron chi connectivity index (χ4n) is 2.68. The van der Waals surface area contributed by atoms with E-state index in [1.54, 1.807) is 4.90 Å². The van der Waals surface area contributed by atoms with Gasteiger partial charge in [-0.15, -0.1) is 0 Å². The van der Waals surface area contributed by atoms with E-state index in [2.05, 4.69) is 21.2 Å². The molecular formula is C16H22N4O2. The van der Waals surface area contributed by atoms with Crippen LogP contribution >= 0.6 is 0 Å². The maximum Gasteiger partial charge on any atom is 0.410 e. The molecule has 22 heavy (non-hydrogen) atoms. The summed E-state index contributed by atoms with van der Waals surface area (Å²) >= 11 is 0. The maximum atomic E-state index is 12.1. The Balaban J connectivity index is 1.64. The molecular weight excluding hydrogens is 280 g/mol. The first-order valence-electron chi connectivity index (χ1n) is 7.59. The molecule has 2 N–H and O–H groups in total. The van der Waals surface area contributed by atoms with Gasteiger partial charge in [0.1, 0.15) is 11.3 Å². The molecule has 2 aromatic rings. The Morgan fingerprint density at radius 3 is 2.95 bits per heavy atom. The van der Waals surface area contributed by atoms with E-state index in [1.165, 1.54) is 0 Å². The number of amides is 1. The standard InChI is InChI=1S/C16H22N4O2/c1-16(2,3)22-15(21)20-8-6-11(10-20)13-9-14(19-18-13)12-5-4-7-17-12/h4-5,7,9,11,17H,6,8,10H2,1-3H3,(H,18,19). The summed E-state index contributed by atoms with van der Waals surface area (Å²) in [5.74, 6) is 0.281. The molecule has 3 rings (SSSR count). The summed E-state index contributed by atoms with van der Waals surface area (Å²) in [6, 6.07) is 5.99. The minimum absolute atomic E-state index is 0.237. The van der Waals surface area contributed by atoms with E-state index in [0.29, 0.717) is 6.54 Å². The van der Waals surface area contributed by atoms with Crippen LogP contribution in [0, 0.1) is 0 Å². The third-order valence-electron chi connectivity index (χ3n) is 3.75. The van der Waals surface area contributed by atoms with E-state index in [0.717, 1.165) is 30.0 Å². The van der Waals surface area contributed by atoms with Gasteiger partial charge in [-0.25, -0.2) is 4.79 Å².